The monoisotopic (exact) mass is 789 g/mol. The lowest BCUT2D eigenvalue weighted by molar-refractivity contribution is 1.27. The lowest BCUT2D eigenvalue weighted by Gasteiger charge is -2.50. The summed E-state index contributed by atoms with van der Waals surface area (Å²) >= 11 is 0. The van der Waals surface area contributed by atoms with Crippen molar-refractivity contribution in [2.75, 3.05) is 9.80 Å². The van der Waals surface area contributed by atoms with Gasteiger partial charge < -0.3 is 9.80 Å². The quantitative estimate of drug-likeness (QED) is 0.205. The number of benzene rings is 9. The number of hydrogen-bond acceptors (Lipinski definition) is 3. The fourth-order valence-electron chi connectivity index (χ4n) is 11.0. The van der Waals surface area contributed by atoms with E-state index in [9.17, 15) is 5.26 Å². The SMILES string of the molecule is N#Cc1ccc(N2c3ccccc3B(c3ccccc3)c3c2cc2c4c3N(c3ccccc3)c3ccccc3B4c3ccccc3[Si]2(c2ccccc2)c2ccccc2)cc1. The van der Waals surface area contributed by atoms with E-state index in [1.54, 1.807) is 0 Å². The first-order valence-electron chi connectivity index (χ1n) is 21.1. The minimum atomic E-state index is -3.08. The van der Waals surface area contributed by atoms with Gasteiger partial charge in [0.2, 0.25) is 13.4 Å². The van der Waals surface area contributed by atoms with Gasteiger partial charge in [0.15, 0.2) is 8.07 Å². The first-order chi connectivity index (χ1) is 30.3. The summed E-state index contributed by atoms with van der Waals surface area (Å²) in [5, 5.41) is 15.5. The summed E-state index contributed by atoms with van der Waals surface area (Å²) < 4.78 is 0. The maximum atomic E-state index is 9.95. The maximum absolute atomic E-state index is 9.95. The van der Waals surface area contributed by atoms with Crippen LogP contribution in [0.25, 0.3) is 0 Å². The Labute approximate surface area is 358 Å². The van der Waals surface area contributed by atoms with E-state index in [0.717, 1.165) is 22.7 Å². The van der Waals surface area contributed by atoms with Gasteiger partial charge in [0.1, 0.15) is 0 Å². The topological polar surface area (TPSA) is 30.3 Å². The van der Waals surface area contributed by atoms with E-state index >= 15 is 0 Å². The number of anilines is 6. The molecular weight excluding hydrogens is 752 g/mol. The highest BCUT2D eigenvalue weighted by Gasteiger charge is 2.55. The van der Waals surface area contributed by atoms with Crippen molar-refractivity contribution < 1.29 is 0 Å². The number of rotatable bonds is 5. The van der Waals surface area contributed by atoms with Gasteiger partial charge in [0, 0.05) is 34.1 Å². The van der Waals surface area contributed by atoms with Crippen LogP contribution < -0.4 is 63.3 Å². The lowest BCUT2D eigenvalue weighted by Crippen LogP contribution is -2.88. The highest BCUT2D eigenvalue weighted by molar-refractivity contribution is 7.27. The summed E-state index contributed by atoms with van der Waals surface area (Å²) in [7, 11) is -3.08. The van der Waals surface area contributed by atoms with Crippen molar-refractivity contribution in [2.45, 2.75) is 0 Å². The zero-order valence-corrected chi connectivity index (χ0v) is 34.4. The highest BCUT2D eigenvalue weighted by Crippen LogP contribution is 2.42. The average molecular weight is 790 g/mol. The molecule has 0 aliphatic carbocycles. The molecule has 0 spiro atoms. The molecule has 282 valence electrons. The van der Waals surface area contributed by atoms with Crippen LogP contribution in [-0.4, -0.2) is 21.5 Å². The smallest absolute Gasteiger partial charge is 0.249 e. The van der Waals surface area contributed by atoms with E-state index in [-0.39, 0.29) is 13.4 Å². The largest absolute Gasteiger partial charge is 0.312 e. The molecule has 0 saturated heterocycles. The van der Waals surface area contributed by atoms with Gasteiger partial charge in [-0.3, -0.25) is 0 Å². The van der Waals surface area contributed by atoms with Gasteiger partial charge in [0.25, 0.3) is 0 Å². The normalized spacial score (nSPS) is 13.9. The molecule has 0 fully saturated rings. The molecule has 61 heavy (non-hydrogen) atoms. The average Bonchev–Trinajstić information content (AvgIpc) is 3.34. The van der Waals surface area contributed by atoms with E-state index < -0.39 is 8.07 Å². The van der Waals surface area contributed by atoms with Crippen molar-refractivity contribution in [3.8, 4) is 6.07 Å². The molecule has 9 aromatic carbocycles. The van der Waals surface area contributed by atoms with Crippen molar-refractivity contribution in [1.82, 2.24) is 0 Å². The molecule has 3 heterocycles. The first-order valence-corrected chi connectivity index (χ1v) is 23.1. The molecule has 0 radical (unpaired) electrons. The lowest BCUT2D eigenvalue weighted by atomic mass is 9.30. The molecule has 6 heteroatoms. The van der Waals surface area contributed by atoms with Crippen molar-refractivity contribution >= 4 is 109 Å². The molecule has 9 aromatic rings. The van der Waals surface area contributed by atoms with Crippen LogP contribution in [0.3, 0.4) is 0 Å². The zero-order valence-electron chi connectivity index (χ0n) is 33.4. The Morgan fingerprint density at radius 1 is 0.393 bits per heavy atom. The van der Waals surface area contributed by atoms with E-state index in [1.165, 1.54) is 64.9 Å². The van der Waals surface area contributed by atoms with Crippen LogP contribution in [0.15, 0.2) is 224 Å². The Hall–Kier alpha value is -7.58. The molecule has 0 saturated carbocycles. The predicted octanol–water partition coefficient (Wildman–Crippen LogP) is 5.85. The fourth-order valence-corrected chi connectivity index (χ4v) is 16.2. The molecular formula is C55H37B2N3Si. The molecule has 0 unspecified atom stereocenters. The number of nitrogens with zero attached hydrogens (tertiary/aromatic N) is 3. The number of para-hydroxylation sites is 3. The maximum Gasteiger partial charge on any atom is 0.249 e. The predicted molar refractivity (Wildman–Crippen MR) is 260 cm³/mol. The molecule has 0 bridgehead atoms. The van der Waals surface area contributed by atoms with E-state index in [2.05, 4.69) is 228 Å². The summed E-state index contributed by atoms with van der Waals surface area (Å²) in [5.74, 6) is 0. The van der Waals surface area contributed by atoms with Gasteiger partial charge in [-0.05, 0) is 97.2 Å². The van der Waals surface area contributed by atoms with Crippen LogP contribution >= 0.6 is 0 Å². The summed E-state index contributed by atoms with van der Waals surface area (Å²) in [4.78, 5) is 5.07. The van der Waals surface area contributed by atoms with Crippen molar-refractivity contribution in [3.05, 3.63) is 230 Å². The van der Waals surface area contributed by atoms with E-state index in [0.29, 0.717) is 5.56 Å². The van der Waals surface area contributed by atoms with Crippen LogP contribution in [0.1, 0.15) is 5.56 Å². The summed E-state index contributed by atoms with van der Waals surface area (Å²) in [6, 6.07) is 85.4. The molecule has 0 aromatic heterocycles. The first kappa shape index (κ1) is 35.4. The van der Waals surface area contributed by atoms with Gasteiger partial charge in [-0.25, -0.2) is 0 Å². The molecule has 12 rings (SSSR count). The Kier molecular flexibility index (Phi) is 8.13. The second-order valence-electron chi connectivity index (χ2n) is 16.2. The van der Waals surface area contributed by atoms with Gasteiger partial charge in [-0.1, -0.05) is 181 Å². The molecule has 0 amide bonds. The van der Waals surface area contributed by atoms with Gasteiger partial charge in [-0.2, -0.15) is 5.26 Å². The minimum absolute atomic E-state index is 0.00679. The van der Waals surface area contributed by atoms with Crippen molar-refractivity contribution in [2.24, 2.45) is 0 Å². The fraction of sp³-hybridized carbons (Fsp3) is 0. The van der Waals surface area contributed by atoms with Crippen LogP contribution in [-0.2, 0) is 0 Å². The van der Waals surface area contributed by atoms with E-state index in [1.807, 2.05) is 12.1 Å². The standard InChI is InChI=1S/C55H37B2N3Si/c58-38-39-33-35-42(36-34-39)59-48-30-16-13-27-45(48)56(40-19-5-1-6-20-40)53-50(59)37-52-54-55(53)60(41-21-7-2-8-22-41)49-31-17-14-28-46(49)57(54)47-29-15-18-32-51(47)61(52,43-23-9-3-10-24-43)44-25-11-4-12-26-44/h1-37H. The molecule has 0 atom stereocenters. The Morgan fingerprint density at radius 2 is 0.885 bits per heavy atom. The van der Waals surface area contributed by atoms with E-state index in [4.69, 9.17) is 0 Å². The Balaban J connectivity index is 1.34. The summed E-state index contributed by atoms with van der Waals surface area (Å²) in [6.45, 7) is -0.0891. The highest BCUT2D eigenvalue weighted by atomic mass is 28.3. The second-order valence-corrected chi connectivity index (χ2v) is 20.0. The zero-order chi connectivity index (χ0) is 40.5. The second kappa shape index (κ2) is 14.0. The summed E-state index contributed by atoms with van der Waals surface area (Å²) in [6.07, 6.45) is 0. The molecule has 3 aliphatic heterocycles. The molecule has 3 aliphatic rings. The van der Waals surface area contributed by atoms with Crippen molar-refractivity contribution in [3.63, 3.8) is 0 Å². The number of hydrogen-bond donors (Lipinski definition) is 0. The third kappa shape index (κ3) is 5.11. The van der Waals surface area contributed by atoms with Gasteiger partial charge in [0.05, 0.1) is 11.6 Å². The van der Waals surface area contributed by atoms with Crippen LogP contribution in [0, 0.1) is 11.3 Å². The van der Waals surface area contributed by atoms with Crippen LogP contribution in [0.5, 0.6) is 0 Å². The Morgan fingerprint density at radius 3 is 1.51 bits per heavy atom. The minimum Gasteiger partial charge on any atom is -0.312 e. The van der Waals surface area contributed by atoms with Gasteiger partial charge >= 0.3 is 0 Å². The van der Waals surface area contributed by atoms with Crippen LogP contribution in [0.4, 0.5) is 34.1 Å². The third-order valence-electron chi connectivity index (χ3n) is 13.3. The molecule has 0 N–H and O–H groups in total. The Bertz CT molecular complexity index is 3130. The summed E-state index contributed by atoms with van der Waals surface area (Å²) in [5.41, 5.74) is 15.4. The number of nitriles is 1. The third-order valence-corrected chi connectivity index (χ3v) is 18.2. The number of fused-ring (bicyclic) bond motifs is 7. The van der Waals surface area contributed by atoms with Crippen LogP contribution in [0.2, 0.25) is 0 Å². The van der Waals surface area contributed by atoms with Gasteiger partial charge in [-0.15, -0.1) is 0 Å². The van der Waals surface area contributed by atoms with Crippen molar-refractivity contribution in [1.29, 1.82) is 5.26 Å². The molecule has 3 nitrogen and oxygen atoms in total.